The van der Waals surface area contributed by atoms with Crippen molar-refractivity contribution in [1.82, 2.24) is 5.32 Å². The number of phenols is 1. The molecule has 0 saturated heterocycles. The van der Waals surface area contributed by atoms with Crippen molar-refractivity contribution in [1.29, 1.82) is 0 Å². The molecule has 2 unspecified atom stereocenters. The molecule has 2 atom stereocenters. The fourth-order valence-electron chi connectivity index (χ4n) is 3.70. The second-order valence-electron chi connectivity index (χ2n) is 7.32. The van der Waals surface area contributed by atoms with Crippen molar-refractivity contribution in [3.8, 4) is 5.75 Å². The highest BCUT2D eigenvalue weighted by atomic mass is 35.5. The number of nitrogens with zero attached hydrogens (tertiary/aromatic N) is 1. The molecule has 1 aliphatic rings. The van der Waals surface area contributed by atoms with Gasteiger partial charge in [-0.15, -0.1) is 0 Å². The van der Waals surface area contributed by atoms with Crippen molar-refractivity contribution in [3.05, 3.63) is 98.0 Å². The first-order chi connectivity index (χ1) is 14.4. The van der Waals surface area contributed by atoms with Gasteiger partial charge in [-0.25, -0.2) is 0 Å². The normalized spacial score (nSPS) is 18.9. The monoisotopic (exact) mass is 458 g/mol. The third-order valence-corrected chi connectivity index (χ3v) is 6.16. The molecule has 1 heterocycles. The quantitative estimate of drug-likeness (QED) is 0.435. The van der Waals surface area contributed by atoms with Gasteiger partial charge in [0.05, 0.1) is 0 Å². The number of hydrogen-bond acceptors (Lipinski definition) is 3. The molecule has 3 aromatic carbocycles. The van der Waals surface area contributed by atoms with E-state index in [1.807, 2.05) is 6.07 Å². The molecule has 3 nitrogen and oxygen atoms in total. The topological polar surface area (TPSA) is 44.6 Å². The van der Waals surface area contributed by atoms with Crippen LogP contribution < -0.4 is 5.32 Å². The number of aryl methyl sites for hydroxylation is 1. The van der Waals surface area contributed by atoms with E-state index in [0.717, 1.165) is 28.8 Å². The third-order valence-electron chi connectivity index (χ3n) is 5.36. The van der Waals surface area contributed by atoms with Crippen molar-refractivity contribution in [2.75, 3.05) is 0 Å². The lowest BCUT2D eigenvalue weighted by atomic mass is 9.93. The number of aromatic hydroxyl groups is 1. The zero-order valence-corrected chi connectivity index (χ0v) is 18.6. The molecule has 0 radical (unpaired) electrons. The van der Waals surface area contributed by atoms with Crippen molar-refractivity contribution >= 4 is 40.5 Å². The predicted octanol–water partition coefficient (Wildman–Crippen LogP) is 7.14. The van der Waals surface area contributed by atoms with Gasteiger partial charge in [-0.05, 0) is 47.9 Å². The summed E-state index contributed by atoms with van der Waals surface area (Å²) in [7, 11) is 0. The number of benzene rings is 3. The van der Waals surface area contributed by atoms with Gasteiger partial charge in [0.1, 0.15) is 11.9 Å². The fourth-order valence-corrected chi connectivity index (χ4v) is 4.39. The summed E-state index contributed by atoms with van der Waals surface area (Å²) >= 11 is 18.8. The highest BCUT2D eigenvalue weighted by molar-refractivity contribution is 6.35. The smallest absolute Gasteiger partial charge is 0.127 e. The first-order valence-electron chi connectivity index (χ1n) is 9.80. The zero-order chi connectivity index (χ0) is 21.3. The molecule has 0 bridgehead atoms. The molecule has 2 N–H and O–H groups in total. The van der Waals surface area contributed by atoms with E-state index in [1.54, 1.807) is 30.3 Å². The molecule has 0 aliphatic carbocycles. The minimum atomic E-state index is -0.382. The molecule has 1 aliphatic heterocycles. The van der Waals surface area contributed by atoms with Crippen LogP contribution in [0, 0.1) is 0 Å². The van der Waals surface area contributed by atoms with Crippen LogP contribution >= 0.6 is 34.8 Å². The standard InChI is InChI=1S/C24H21Cl3N2O/c1-2-14-3-5-15(6-4-14)21-13-22(19-11-16(25)8-10-23(19)30)29-24(28-21)18-9-7-17(26)12-20(18)27/h3-12,22,24,29-30H,2,13H2,1H3. The van der Waals surface area contributed by atoms with Gasteiger partial charge < -0.3 is 5.11 Å². The van der Waals surface area contributed by atoms with Crippen molar-refractivity contribution in [2.24, 2.45) is 4.99 Å². The predicted molar refractivity (Wildman–Crippen MR) is 125 cm³/mol. The Labute approximate surface area is 191 Å². The highest BCUT2D eigenvalue weighted by Crippen LogP contribution is 2.37. The molecule has 3 aromatic rings. The summed E-state index contributed by atoms with van der Waals surface area (Å²) in [4.78, 5) is 4.96. The molecule has 0 aromatic heterocycles. The largest absolute Gasteiger partial charge is 0.508 e. The van der Waals surface area contributed by atoms with E-state index in [-0.39, 0.29) is 18.0 Å². The Morgan fingerprint density at radius 3 is 2.33 bits per heavy atom. The molecule has 6 heteroatoms. The second-order valence-corrected chi connectivity index (χ2v) is 8.60. The molecule has 154 valence electrons. The van der Waals surface area contributed by atoms with E-state index in [2.05, 4.69) is 36.5 Å². The number of halogens is 3. The summed E-state index contributed by atoms with van der Waals surface area (Å²) in [6, 6.07) is 18.7. The van der Waals surface area contributed by atoms with Crippen LogP contribution in [-0.4, -0.2) is 10.8 Å². The van der Waals surface area contributed by atoms with Crippen LogP contribution in [0.15, 0.2) is 65.7 Å². The minimum absolute atomic E-state index is 0.182. The van der Waals surface area contributed by atoms with Gasteiger partial charge in [0.15, 0.2) is 0 Å². The maximum Gasteiger partial charge on any atom is 0.127 e. The van der Waals surface area contributed by atoms with Gasteiger partial charge in [-0.2, -0.15) is 0 Å². The van der Waals surface area contributed by atoms with Crippen LogP contribution in [0.25, 0.3) is 0 Å². The van der Waals surface area contributed by atoms with Gasteiger partial charge in [0, 0.05) is 44.4 Å². The molecule has 0 amide bonds. The Morgan fingerprint density at radius 1 is 0.933 bits per heavy atom. The summed E-state index contributed by atoms with van der Waals surface area (Å²) in [6.07, 6.45) is 1.21. The zero-order valence-electron chi connectivity index (χ0n) is 16.4. The van der Waals surface area contributed by atoms with E-state index < -0.39 is 0 Å². The second kappa shape index (κ2) is 8.99. The fraction of sp³-hybridized carbons (Fsp3) is 0.208. The Hall–Kier alpha value is -2.04. The van der Waals surface area contributed by atoms with Crippen LogP contribution in [-0.2, 0) is 6.42 Å². The Bertz CT molecular complexity index is 1100. The van der Waals surface area contributed by atoms with E-state index in [0.29, 0.717) is 21.5 Å². The lowest BCUT2D eigenvalue weighted by molar-refractivity contribution is 0.413. The van der Waals surface area contributed by atoms with Crippen molar-refractivity contribution < 1.29 is 5.11 Å². The summed E-state index contributed by atoms with van der Waals surface area (Å²) in [5.74, 6) is 0.195. The number of aliphatic imine (C=N–C) groups is 1. The summed E-state index contributed by atoms with van der Waals surface area (Å²) in [5.41, 5.74) is 4.83. The molecule has 0 fully saturated rings. The van der Waals surface area contributed by atoms with E-state index >= 15 is 0 Å². The minimum Gasteiger partial charge on any atom is -0.508 e. The van der Waals surface area contributed by atoms with Gasteiger partial charge in [-0.1, -0.05) is 72.1 Å². The number of phenolic OH excluding ortho intramolecular Hbond substituents is 1. The lowest BCUT2D eigenvalue weighted by Crippen LogP contribution is -2.33. The van der Waals surface area contributed by atoms with Crippen LogP contribution in [0.4, 0.5) is 0 Å². The summed E-state index contributed by atoms with van der Waals surface area (Å²) in [5, 5.41) is 15.7. The van der Waals surface area contributed by atoms with Crippen LogP contribution in [0.5, 0.6) is 5.75 Å². The van der Waals surface area contributed by atoms with Gasteiger partial charge in [0.25, 0.3) is 0 Å². The molecular weight excluding hydrogens is 439 g/mol. The Balaban J connectivity index is 1.78. The SMILES string of the molecule is CCc1ccc(C2=NC(c3ccc(Cl)cc3Cl)NC(c3cc(Cl)ccc3O)C2)cc1. The van der Waals surface area contributed by atoms with Crippen molar-refractivity contribution in [3.63, 3.8) is 0 Å². The average molecular weight is 460 g/mol. The first kappa shape index (κ1) is 21.2. The van der Waals surface area contributed by atoms with Gasteiger partial charge >= 0.3 is 0 Å². The first-order valence-corrected chi connectivity index (χ1v) is 10.9. The van der Waals surface area contributed by atoms with Gasteiger partial charge in [0.2, 0.25) is 0 Å². The maximum atomic E-state index is 10.5. The van der Waals surface area contributed by atoms with E-state index in [1.165, 1.54) is 5.56 Å². The molecule has 30 heavy (non-hydrogen) atoms. The average Bonchev–Trinajstić information content (AvgIpc) is 2.75. The highest BCUT2D eigenvalue weighted by Gasteiger charge is 2.29. The van der Waals surface area contributed by atoms with Crippen LogP contribution in [0.1, 0.15) is 47.8 Å². The summed E-state index contributed by atoms with van der Waals surface area (Å²) in [6.45, 7) is 2.13. The molecule has 0 saturated carbocycles. The Kier molecular flexibility index (Phi) is 6.35. The van der Waals surface area contributed by atoms with Crippen molar-refractivity contribution in [2.45, 2.75) is 32.0 Å². The number of hydrogen-bond donors (Lipinski definition) is 2. The number of nitrogens with one attached hydrogen (secondary N) is 1. The Morgan fingerprint density at radius 2 is 1.63 bits per heavy atom. The van der Waals surface area contributed by atoms with E-state index in [9.17, 15) is 5.11 Å². The third kappa shape index (κ3) is 4.50. The lowest BCUT2D eigenvalue weighted by Gasteiger charge is -2.31. The maximum absolute atomic E-state index is 10.5. The van der Waals surface area contributed by atoms with Crippen LogP contribution in [0.2, 0.25) is 15.1 Å². The number of rotatable bonds is 4. The molecule has 0 spiro atoms. The van der Waals surface area contributed by atoms with Gasteiger partial charge in [-0.3, -0.25) is 10.3 Å². The molecular formula is C24H21Cl3N2O. The summed E-state index contributed by atoms with van der Waals surface area (Å²) < 4.78 is 0. The molecule has 4 rings (SSSR count). The van der Waals surface area contributed by atoms with E-state index in [4.69, 9.17) is 39.8 Å². The van der Waals surface area contributed by atoms with Crippen LogP contribution in [0.3, 0.4) is 0 Å².